The van der Waals surface area contributed by atoms with Crippen molar-refractivity contribution in [3.8, 4) is 11.5 Å². The third-order valence-electron chi connectivity index (χ3n) is 4.48. The number of carbonyl (C=O) groups is 2. The molecular weight excluding hydrogens is 378 g/mol. The molecule has 0 bridgehead atoms. The molecule has 0 aliphatic carbocycles. The van der Waals surface area contributed by atoms with Crippen LogP contribution in [0.1, 0.15) is 11.1 Å². The SMILES string of the molecule is Cc1cccc(C)c1OCCNC(=O)CN1C(=O)COc2ccc([N+](=O)[O-])cc21. The summed E-state index contributed by atoms with van der Waals surface area (Å²) in [6, 6.07) is 9.77. The van der Waals surface area contributed by atoms with Crippen molar-refractivity contribution in [2.45, 2.75) is 13.8 Å². The van der Waals surface area contributed by atoms with E-state index in [1.165, 1.54) is 23.1 Å². The second kappa shape index (κ2) is 8.59. The van der Waals surface area contributed by atoms with Crippen LogP contribution >= 0.6 is 0 Å². The second-order valence-corrected chi connectivity index (χ2v) is 6.60. The molecule has 1 N–H and O–H groups in total. The first-order chi connectivity index (χ1) is 13.9. The van der Waals surface area contributed by atoms with Crippen molar-refractivity contribution in [2.75, 3.05) is 31.2 Å². The minimum atomic E-state index is -0.567. The summed E-state index contributed by atoms with van der Waals surface area (Å²) >= 11 is 0. The quantitative estimate of drug-likeness (QED) is 0.434. The molecule has 2 aromatic carbocycles. The maximum atomic E-state index is 12.3. The molecule has 3 rings (SSSR count). The molecule has 152 valence electrons. The standard InChI is InChI=1S/C20H21N3O6/c1-13-4-3-5-14(2)20(13)28-9-8-21-18(24)11-22-16-10-15(23(26)27)6-7-17(16)29-12-19(22)25/h3-7,10H,8-9,11-12H2,1-2H3,(H,21,24). The summed E-state index contributed by atoms with van der Waals surface area (Å²) in [5.41, 5.74) is 2.04. The van der Waals surface area contributed by atoms with E-state index in [2.05, 4.69) is 5.32 Å². The number of amides is 2. The molecule has 0 unspecified atom stereocenters. The minimum absolute atomic E-state index is 0.186. The van der Waals surface area contributed by atoms with Gasteiger partial charge >= 0.3 is 0 Å². The lowest BCUT2D eigenvalue weighted by atomic mass is 10.1. The number of hydrogen-bond acceptors (Lipinski definition) is 6. The lowest BCUT2D eigenvalue weighted by Gasteiger charge is -2.28. The molecule has 29 heavy (non-hydrogen) atoms. The molecular formula is C20H21N3O6. The van der Waals surface area contributed by atoms with Gasteiger partial charge in [0.25, 0.3) is 11.6 Å². The largest absolute Gasteiger partial charge is 0.491 e. The molecule has 1 heterocycles. The number of para-hydroxylation sites is 1. The predicted octanol–water partition coefficient (Wildman–Crippen LogP) is 2.13. The Hall–Kier alpha value is -3.62. The van der Waals surface area contributed by atoms with Crippen molar-refractivity contribution >= 4 is 23.2 Å². The minimum Gasteiger partial charge on any atom is -0.491 e. The van der Waals surface area contributed by atoms with Crippen LogP contribution in [0.15, 0.2) is 36.4 Å². The Morgan fingerprint density at radius 3 is 2.69 bits per heavy atom. The molecule has 2 amide bonds. The van der Waals surface area contributed by atoms with Crippen molar-refractivity contribution in [3.05, 3.63) is 57.6 Å². The lowest BCUT2D eigenvalue weighted by molar-refractivity contribution is -0.384. The number of nitrogens with zero attached hydrogens (tertiary/aromatic N) is 2. The van der Waals surface area contributed by atoms with Crippen molar-refractivity contribution in [3.63, 3.8) is 0 Å². The first kappa shape index (κ1) is 20.1. The van der Waals surface area contributed by atoms with E-state index in [0.717, 1.165) is 16.9 Å². The zero-order chi connectivity index (χ0) is 21.0. The first-order valence-electron chi connectivity index (χ1n) is 9.04. The molecule has 0 fully saturated rings. The van der Waals surface area contributed by atoms with Gasteiger partial charge in [0, 0.05) is 12.1 Å². The van der Waals surface area contributed by atoms with Crippen molar-refractivity contribution < 1.29 is 24.0 Å². The van der Waals surface area contributed by atoms with E-state index in [9.17, 15) is 19.7 Å². The summed E-state index contributed by atoms with van der Waals surface area (Å²) in [5.74, 6) is 0.260. The first-order valence-corrected chi connectivity index (χ1v) is 9.04. The number of ether oxygens (including phenoxy) is 2. The molecule has 0 radical (unpaired) electrons. The Morgan fingerprint density at radius 2 is 2.00 bits per heavy atom. The lowest BCUT2D eigenvalue weighted by Crippen LogP contribution is -2.45. The zero-order valence-electron chi connectivity index (χ0n) is 16.1. The third kappa shape index (κ3) is 4.63. The number of benzene rings is 2. The Balaban J connectivity index is 1.59. The van der Waals surface area contributed by atoms with E-state index >= 15 is 0 Å². The van der Waals surface area contributed by atoms with Gasteiger partial charge in [0.05, 0.1) is 17.2 Å². The number of nitro groups is 1. The fourth-order valence-electron chi connectivity index (χ4n) is 3.05. The number of carbonyl (C=O) groups excluding carboxylic acids is 2. The van der Waals surface area contributed by atoms with E-state index in [-0.39, 0.29) is 37.7 Å². The van der Waals surface area contributed by atoms with E-state index in [1.807, 2.05) is 32.0 Å². The topological polar surface area (TPSA) is 111 Å². The number of rotatable bonds is 7. The molecule has 0 atom stereocenters. The number of aryl methyl sites for hydroxylation is 2. The number of nitrogens with one attached hydrogen (secondary N) is 1. The van der Waals surface area contributed by atoms with Gasteiger partial charge in [-0.1, -0.05) is 18.2 Å². The average Bonchev–Trinajstić information content (AvgIpc) is 2.68. The molecule has 1 aliphatic heterocycles. The second-order valence-electron chi connectivity index (χ2n) is 6.60. The summed E-state index contributed by atoms with van der Waals surface area (Å²) < 4.78 is 11.0. The Morgan fingerprint density at radius 1 is 1.28 bits per heavy atom. The molecule has 0 spiro atoms. The van der Waals surface area contributed by atoms with Gasteiger partial charge in [-0.3, -0.25) is 24.6 Å². The summed E-state index contributed by atoms with van der Waals surface area (Å²) in [6.45, 7) is 3.93. The van der Waals surface area contributed by atoms with E-state index in [0.29, 0.717) is 5.75 Å². The fourth-order valence-corrected chi connectivity index (χ4v) is 3.05. The van der Waals surface area contributed by atoms with Crippen LogP contribution in [0.3, 0.4) is 0 Å². The van der Waals surface area contributed by atoms with E-state index in [1.54, 1.807) is 0 Å². The fraction of sp³-hybridized carbons (Fsp3) is 0.300. The van der Waals surface area contributed by atoms with Gasteiger partial charge in [0.1, 0.15) is 24.7 Å². The van der Waals surface area contributed by atoms with Gasteiger partial charge < -0.3 is 14.8 Å². The monoisotopic (exact) mass is 399 g/mol. The van der Waals surface area contributed by atoms with Gasteiger partial charge in [-0.25, -0.2) is 0 Å². The third-order valence-corrected chi connectivity index (χ3v) is 4.48. The molecule has 0 saturated heterocycles. The van der Waals surface area contributed by atoms with Crippen LogP contribution in [0, 0.1) is 24.0 Å². The van der Waals surface area contributed by atoms with Gasteiger partial charge in [0.2, 0.25) is 5.91 Å². The van der Waals surface area contributed by atoms with E-state index in [4.69, 9.17) is 9.47 Å². The number of anilines is 1. The zero-order valence-corrected chi connectivity index (χ0v) is 16.1. The Bertz CT molecular complexity index is 939. The van der Waals surface area contributed by atoms with Crippen LogP contribution in [0.25, 0.3) is 0 Å². The molecule has 2 aromatic rings. The molecule has 9 heteroatoms. The van der Waals surface area contributed by atoms with Crippen LogP contribution in [0.5, 0.6) is 11.5 Å². The predicted molar refractivity (Wildman–Crippen MR) is 105 cm³/mol. The van der Waals surface area contributed by atoms with Gasteiger partial charge in [0.15, 0.2) is 6.61 Å². The average molecular weight is 399 g/mol. The van der Waals surface area contributed by atoms with Crippen LogP contribution in [0.4, 0.5) is 11.4 Å². The normalized spacial score (nSPS) is 12.8. The van der Waals surface area contributed by atoms with Gasteiger partial charge in [-0.05, 0) is 31.0 Å². The highest BCUT2D eigenvalue weighted by atomic mass is 16.6. The van der Waals surface area contributed by atoms with Crippen molar-refractivity contribution in [2.24, 2.45) is 0 Å². The molecule has 0 saturated carbocycles. The van der Waals surface area contributed by atoms with Crippen LogP contribution < -0.4 is 19.7 Å². The number of nitro benzene ring substituents is 1. The van der Waals surface area contributed by atoms with Crippen molar-refractivity contribution in [1.29, 1.82) is 0 Å². The number of hydrogen-bond donors (Lipinski definition) is 1. The number of non-ortho nitro benzene ring substituents is 1. The van der Waals surface area contributed by atoms with Crippen LogP contribution in [-0.2, 0) is 9.59 Å². The summed E-state index contributed by atoms with van der Waals surface area (Å²) in [7, 11) is 0. The maximum Gasteiger partial charge on any atom is 0.271 e. The smallest absolute Gasteiger partial charge is 0.271 e. The van der Waals surface area contributed by atoms with E-state index < -0.39 is 16.7 Å². The Kier molecular flexibility index (Phi) is 5.96. The highest BCUT2D eigenvalue weighted by molar-refractivity contribution is 6.02. The van der Waals surface area contributed by atoms with Gasteiger partial charge in [-0.15, -0.1) is 0 Å². The Labute approximate surface area is 167 Å². The van der Waals surface area contributed by atoms with Gasteiger partial charge in [-0.2, -0.15) is 0 Å². The molecule has 0 aromatic heterocycles. The maximum absolute atomic E-state index is 12.3. The van der Waals surface area contributed by atoms with Crippen LogP contribution in [-0.4, -0.2) is 43.0 Å². The molecule has 1 aliphatic rings. The van der Waals surface area contributed by atoms with Crippen molar-refractivity contribution in [1.82, 2.24) is 5.32 Å². The highest BCUT2D eigenvalue weighted by Gasteiger charge is 2.29. The summed E-state index contributed by atoms with van der Waals surface area (Å²) in [4.78, 5) is 36.1. The summed E-state index contributed by atoms with van der Waals surface area (Å²) in [5, 5.41) is 13.7. The summed E-state index contributed by atoms with van der Waals surface area (Å²) in [6.07, 6.45) is 0. The molecule has 9 nitrogen and oxygen atoms in total. The van der Waals surface area contributed by atoms with Crippen LogP contribution in [0.2, 0.25) is 0 Å². The highest BCUT2D eigenvalue weighted by Crippen LogP contribution is 2.35. The number of fused-ring (bicyclic) bond motifs is 1.